The van der Waals surface area contributed by atoms with Gasteiger partial charge in [0.2, 0.25) is 0 Å². The van der Waals surface area contributed by atoms with Crippen molar-refractivity contribution in [2.24, 2.45) is 5.92 Å². The van der Waals surface area contributed by atoms with Crippen LogP contribution in [-0.2, 0) is 0 Å². The number of hydrogen-bond donors (Lipinski definition) is 2. The molecule has 1 aliphatic heterocycles. The highest BCUT2D eigenvalue weighted by atomic mass is 32.1. The molecule has 1 fully saturated rings. The van der Waals surface area contributed by atoms with Gasteiger partial charge in [0.05, 0.1) is 11.8 Å². The SMILES string of the molecule is CC1CCN(C(=O)c2sccc2N)CC1O. The molecule has 2 rings (SSSR count). The second kappa shape index (κ2) is 4.43. The number of carbonyl (C=O) groups excluding carboxylic acids is 1. The van der Waals surface area contributed by atoms with Crippen molar-refractivity contribution in [3.8, 4) is 0 Å². The summed E-state index contributed by atoms with van der Waals surface area (Å²) in [5, 5.41) is 11.6. The molecular weight excluding hydrogens is 224 g/mol. The van der Waals surface area contributed by atoms with Crippen molar-refractivity contribution in [3.05, 3.63) is 16.3 Å². The van der Waals surface area contributed by atoms with Crippen LogP contribution in [0.15, 0.2) is 11.4 Å². The van der Waals surface area contributed by atoms with Crippen LogP contribution in [0.5, 0.6) is 0 Å². The van der Waals surface area contributed by atoms with E-state index in [0.717, 1.165) is 6.42 Å². The molecule has 88 valence electrons. The van der Waals surface area contributed by atoms with Gasteiger partial charge in [-0.25, -0.2) is 0 Å². The number of thiophene rings is 1. The summed E-state index contributed by atoms with van der Waals surface area (Å²) in [5.74, 6) is 0.211. The fourth-order valence-corrected chi connectivity index (χ4v) is 2.65. The Morgan fingerprint density at radius 3 is 3.00 bits per heavy atom. The first-order chi connectivity index (χ1) is 7.59. The van der Waals surface area contributed by atoms with E-state index in [0.29, 0.717) is 23.7 Å². The van der Waals surface area contributed by atoms with Crippen molar-refractivity contribution < 1.29 is 9.90 Å². The molecule has 1 aliphatic rings. The average Bonchev–Trinajstić information content (AvgIpc) is 2.67. The Morgan fingerprint density at radius 2 is 2.44 bits per heavy atom. The van der Waals surface area contributed by atoms with Crippen molar-refractivity contribution in [1.82, 2.24) is 4.90 Å². The molecule has 1 aromatic heterocycles. The number of anilines is 1. The Labute approximate surface area is 98.7 Å². The second-order valence-electron chi connectivity index (χ2n) is 4.29. The van der Waals surface area contributed by atoms with Crippen molar-refractivity contribution in [3.63, 3.8) is 0 Å². The molecule has 0 aliphatic carbocycles. The summed E-state index contributed by atoms with van der Waals surface area (Å²) in [4.78, 5) is 14.4. The summed E-state index contributed by atoms with van der Waals surface area (Å²) in [7, 11) is 0. The van der Waals surface area contributed by atoms with E-state index >= 15 is 0 Å². The van der Waals surface area contributed by atoms with Crippen molar-refractivity contribution in [2.45, 2.75) is 19.4 Å². The lowest BCUT2D eigenvalue weighted by Gasteiger charge is -2.34. The van der Waals surface area contributed by atoms with Crippen molar-refractivity contribution in [2.75, 3.05) is 18.8 Å². The van der Waals surface area contributed by atoms with Crippen LogP contribution in [0.3, 0.4) is 0 Å². The number of hydrogen-bond acceptors (Lipinski definition) is 4. The molecule has 1 amide bonds. The lowest BCUT2D eigenvalue weighted by molar-refractivity contribution is 0.0252. The molecule has 0 spiro atoms. The lowest BCUT2D eigenvalue weighted by atomic mass is 9.96. The van der Waals surface area contributed by atoms with E-state index in [2.05, 4.69) is 0 Å². The van der Waals surface area contributed by atoms with Gasteiger partial charge in [0.15, 0.2) is 0 Å². The van der Waals surface area contributed by atoms with Crippen LogP contribution in [0, 0.1) is 5.92 Å². The third kappa shape index (κ3) is 2.05. The van der Waals surface area contributed by atoms with E-state index in [4.69, 9.17) is 5.73 Å². The van der Waals surface area contributed by atoms with Crippen LogP contribution >= 0.6 is 11.3 Å². The van der Waals surface area contributed by atoms with E-state index < -0.39 is 6.10 Å². The van der Waals surface area contributed by atoms with Crippen LogP contribution in [0.2, 0.25) is 0 Å². The van der Waals surface area contributed by atoms with Gasteiger partial charge in [-0.05, 0) is 23.8 Å². The molecule has 1 saturated heterocycles. The molecule has 16 heavy (non-hydrogen) atoms. The van der Waals surface area contributed by atoms with Gasteiger partial charge in [0, 0.05) is 13.1 Å². The average molecular weight is 240 g/mol. The summed E-state index contributed by atoms with van der Waals surface area (Å²) < 4.78 is 0. The highest BCUT2D eigenvalue weighted by Gasteiger charge is 2.28. The van der Waals surface area contributed by atoms with Gasteiger partial charge in [-0.3, -0.25) is 4.79 Å². The molecule has 0 saturated carbocycles. The summed E-state index contributed by atoms with van der Waals surface area (Å²) in [6.07, 6.45) is 0.428. The van der Waals surface area contributed by atoms with E-state index in [9.17, 15) is 9.90 Å². The topological polar surface area (TPSA) is 66.6 Å². The molecule has 4 nitrogen and oxygen atoms in total. The van der Waals surface area contributed by atoms with Gasteiger partial charge in [-0.15, -0.1) is 11.3 Å². The number of nitrogen functional groups attached to an aromatic ring is 1. The summed E-state index contributed by atoms with van der Waals surface area (Å²) in [6.45, 7) is 3.12. The van der Waals surface area contributed by atoms with Gasteiger partial charge in [-0.2, -0.15) is 0 Å². The smallest absolute Gasteiger partial charge is 0.266 e. The van der Waals surface area contributed by atoms with Crippen LogP contribution in [0.1, 0.15) is 23.0 Å². The van der Waals surface area contributed by atoms with E-state index in [1.54, 1.807) is 11.0 Å². The van der Waals surface area contributed by atoms with Gasteiger partial charge < -0.3 is 15.7 Å². The Hall–Kier alpha value is -1.07. The quantitative estimate of drug-likeness (QED) is 0.774. The second-order valence-corrected chi connectivity index (χ2v) is 5.21. The Balaban J connectivity index is 2.09. The fourth-order valence-electron chi connectivity index (χ4n) is 1.87. The zero-order chi connectivity index (χ0) is 11.7. The molecule has 0 aromatic carbocycles. The van der Waals surface area contributed by atoms with E-state index in [1.807, 2.05) is 12.3 Å². The predicted octanol–water partition coefficient (Wildman–Crippen LogP) is 1.17. The molecule has 0 bridgehead atoms. The minimum absolute atomic E-state index is 0.0570. The minimum atomic E-state index is -0.418. The van der Waals surface area contributed by atoms with Crippen LogP contribution in [0.25, 0.3) is 0 Å². The summed E-state index contributed by atoms with van der Waals surface area (Å²) >= 11 is 1.36. The number of amides is 1. The molecule has 2 heterocycles. The number of aliphatic hydroxyl groups is 1. The Morgan fingerprint density at radius 1 is 1.69 bits per heavy atom. The lowest BCUT2D eigenvalue weighted by Crippen LogP contribution is -2.45. The minimum Gasteiger partial charge on any atom is -0.397 e. The van der Waals surface area contributed by atoms with Crippen molar-refractivity contribution in [1.29, 1.82) is 0 Å². The van der Waals surface area contributed by atoms with Crippen molar-refractivity contribution >= 4 is 22.9 Å². The highest BCUT2D eigenvalue weighted by molar-refractivity contribution is 7.12. The third-order valence-electron chi connectivity index (χ3n) is 3.10. The number of nitrogens with two attached hydrogens (primary N) is 1. The largest absolute Gasteiger partial charge is 0.397 e. The zero-order valence-electron chi connectivity index (χ0n) is 9.22. The maximum Gasteiger partial charge on any atom is 0.266 e. The molecule has 1 aromatic rings. The number of carbonyl (C=O) groups is 1. The number of likely N-dealkylation sites (tertiary alicyclic amines) is 1. The highest BCUT2D eigenvalue weighted by Crippen LogP contribution is 2.24. The summed E-state index contributed by atoms with van der Waals surface area (Å²) in [6, 6.07) is 1.74. The van der Waals surface area contributed by atoms with Gasteiger partial charge in [0.25, 0.3) is 5.91 Å². The molecule has 3 N–H and O–H groups in total. The Kier molecular flexibility index (Phi) is 3.16. The molecule has 2 unspecified atom stereocenters. The molecule has 5 heteroatoms. The van der Waals surface area contributed by atoms with E-state index in [-0.39, 0.29) is 11.8 Å². The monoisotopic (exact) mass is 240 g/mol. The number of β-amino-alcohol motifs (C(OH)–C–C–N with tert-alkyl or cyclic N) is 1. The number of piperidine rings is 1. The molecular formula is C11H16N2O2S. The van der Waals surface area contributed by atoms with Gasteiger partial charge in [0.1, 0.15) is 4.88 Å². The first kappa shape index (κ1) is 11.4. The first-order valence-corrected chi connectivity index (χ1v) is 6.28. The predicted molar refractivity (Wildman–Crippen MR) is 64.4 cm³/mol. The third-order valence-corrected chi connectivity index (χ3v) is 4.01. The van der Waals surface area contributed by atoms with Gasteiger partial charge in [-0.1, -0.05) is 6.92 Å². The maximum atomic E-state index is 12.1. The first-order valence-electron chi connectivity index (χ1n) is 5.40. The molecule has 2 atom stereocenters. The Bertz CT molecular complexity index is 391. The van der Waals surface area contributed by atoms with Crippen LogP contribution < -0.4 is 5.73 Å². The van der Waals surface area contributed by atoms with Gasteiger partial charge >= 0.3 is 0 Å². The number of aliphatic hydroxyl groups excluding tert-OH is 1. The number of nitrogens with zero attached hydrogens (tertiary/aromatic N) is 1. The van der Waals surface area contributed by atoms with Crippen LogP contribution in [-0.4, -0.2) is 35.1 Å². The maximum absolute atomic E-state index is 12.1. The van der Waals surface area contributed by atoms with Crippen LogP contribution in [0.4, 0.5) is 5.69 Å². The van der Waals surface area contributed by atoms with E-state index in [1.165, 1.54) is 11.3 Å². The molecule has 0 radical (unpaired) electrons. The fraction of sp³-hybridized carbons (Fsp3) is 0.545. The standard InChI is InChI=1S/C11H16N2O2S/c1-7-2-4-13(6-9(7)14)11(15)10-8(12)3-5-16-10/h3,5,7,9,14H,2,4,6,12H2,1H3. The summed E-state index contributed by atoms with van der Waals surface area (Å²) in [5.41, 5.74) is 6.24. The number of rotatable bonds is 1. The zero-order valence-corrected chi connectivity index (χ0v) is 10.0. The normalized spacial score (nSPS) is 25.8.